The minimum atomic E-state index is -0.502. The number of hydrogen-bond donors (Lipinski definition) is 1. The van der Waals surface area contributed by atoms with Crippen LogP contribution in [-0.2, 0) is 14.3 Å². The minimum Gasteiger partial charge on any atom is -0.493 e. The van der Waals surface area contributed by atoms with Crippen molar-refractivity contribution in [1.29, 1.82) is 0 Å². The molecule has 6 heteroatoms. The van der Waals surface area contributed by atoms with Gasteiger partial charge in [0.2, 0.25) is 0 Å². The third-order valence-corrected chi connectivity index (χ3v) is 3.68. The lowest BCUT2D eigenvalue weighted by atomic mass is 10.1. The SMILES string of the molecule is Cc1cc(C)c(NC(=O)COC(=O)CCOc2ccccc2)c(Cl)c1. The Hall–Kier alpha value is -2.53. The van der Waals surface area contributed by atoms with Gasteiger partial charge in [0.15, 0.2) is 6.61 Å². The first-order valence-corrected chi connectivity index (χ1v) is 8.23. The van der Waals surface area contributed by atoms with E-state index in [1.165, 1.54) is 0 Å². The summed E-state index contributed by atoms with van der Waals surface area (Å²) in [6.07, 6.45) is 0.0620. The molecule has 0 heterocycles. The third kappa shape index (κ3) is 6.12. The molecule has 1 amide bonds. The molecule has 2 aromatic carbocycles. The van der Waals surface area contributed by atoms with Gasteiger partial charge in [-0.1, -0.05) is 35.9 Å². The quantitative estimate of drug-likeness (QED) is 0.759. The van der Waals surface area contributed by atoms with E-state index in [4.69, 9.17) is 21.1 Å². The highest BCUT2D eigenvalue weighted by Gasteiger charge is 2.12. The van der Waals surface area contributed by atoms with Crippen molar-refractivity contribution in [3.63, 3.8) is 0 Å². The van der Waals surface area contributed by atoms with Gasteiger partial charge in [-0.25, -0.2) is 0 Å². The fourth-order valence-electron chi connectivity index (χ4n) is 2.24. The average Bonchev–Trinajstić information content (AvgIpc) is 2.57. The molecule has 0 unspecified atom stereocenters. The summed E-state index contributed by atoms with van der Waals surface area (Å²) in [7, 11) is 0. The molecule has 2 aromatic rings. The number of nitrogens with one attached hydrogen (secondary N) is 1. The van der Waals surface area contributed by atoms with Crippen LogP contribution in [0.5, 0.6) is 5.75 Å². The standard InChI is InChI=1S/C19H20ClNO4/c1-13-10-14(2)19(16(20)11-13)21-17(22)12-25-18(23)8-9-24-15-6-4-3-5-7-15/h3-7,10-11H,8-9,12H2,1-2H3,(H,21,22). The van der Waals surface area contributed by atoms with Crippen LogP contribution in [0.1, 0.15) is 17.5 Å². The van der Waals surface area contributed by atoms with Crippen LogP contribution < -0.4 is 10.1 Å². The first-order valence-electron chi connectivity index (χ1n) is 7.86. The smallest absolute Gasteiger partial charge is 0.309 e. The van der Waals surface area contributed by atoms with Crippen molar-refractivity contribution >= 4 is 29.2 Å². The average molecular weight is 362 g/mol. The van der Waals surface area contributed by atoms with Gasteiger partial charge >= 0.3 is 5.97 Å². The second-order valence-corrected chi connectivity index (χ2v) is 5.97. The van der Waals surface area contributed by atoms with E-state index in [9.17, 15) is 9.59 Å². The zero-order valence-electron chi connectivity index (χ0n) is 14.2. The van der Waals surface area contributed by atoms with E-state index in [0.717, 1.165) is 11.1 Å². The molecule has 0 saturated carbocycles. The van der Waals surface area contributed by atoms with Crippen LogP contribution in [0.3, 0.4) is 0 Å². The monoisotopic (exact) mass is 361 g/mol. The summed E-state index contributed by atoms with van der Waals surface area (Å²) in [5.41, 5.74) is 2.38. The first-order chi connectivity index (χ1) is 12.0. The van der Waals surface area contributed by atoms with Crippen LogP contribution in [0.2, 0.25) is 5.02 Å². The largest absolute Gasteiger partial charge is 0.493 e. The number of halogens is 1. The topological polar surface area (TPSA) is 64.6 Å². The highest BCUT2D eigenvalue weighted by molar-refractivity contribution is 6.34. The van der Waals surface area contributed by atoms with Crippen LogP contribution in [-0.4, -0.2) is 25.1 Å². The van der Waals surface area contributed by atoms with E-state index in [0.29, 0.717) is 16.5 Å². The molecule has 1 N–H and O–H groups in total. The molecule has 0 bridgehead atoms. The van der Waals surface area contributed by atoms with Crippen LogP contribution >= 0.6 is 11.6 Å². The van der Waals surface area contributed by atoms with E-state index in [-0.39, 0.29) is 19.6 Å². The Morgan fingerprint density at radius 3 is 2.52 bits per heavy atom. The van der Waals surface area contributed by atoms with Crippen molar-refractivity contribution in [2.75, 3.05) is 18.5 Å². The summed E-state index contributed by atoms with van der Waals surface area (Å²) in [5, 5.41) is 3.12. The van der Waals surface area contributed by atoms with Crippen molar-refractivity contribution in [1.82, 2.24) is 0 Å². The maximum Gasteiger partial charge on any atom is 0.309 e. The molecule has 0 aliphatic rings. The summed E-state index contributed by atoms with van der Waals surface area (Å²) in [4.78, 5) is 23.6. The Kier molecular flexibility index (Phi) is 6.83. The zero-order chi connectivity index (χ0) is 18.2. The summed E-state index contributed by atoms with van der Waals surface area (Å²) < 4.78 is 10.3. The molecule has 0 aromatic heterocycles. The van der Waals surface area contributed by atoms with Crippen LogP contribution in [0.25, 0.3) is 0 Å². The molecule has 0 atom stereocenters. The number of anilines is 1. The molecule has 5 nitrogen and oxygen atoms in total. The first kappa shape index (κ1) is 18.8. The number of carbonyl (C=O) groups excluding carboxylic acids is 2. The third-order valence-electron chi connectivity index (χ3n) is 3.38. The van der Waals surface area contributed by atoms with Crippen molar-refractivity contribution in [3.8, 4) is 5.75 Å². The Balaban J connectivity index is 1.73. The molecular weight excluding hydrogens is 342 g/mol. The zero-order valence-corrected chi connectivity index (χ0v) is 14.9. The van der Waals surface area contributed by atoms with Gasteiger partial charge in [0.05, 0.1) is 23.7 Å². The van der Waals surface area contributed by atoms with Crippen molar-refractivity contribution in [2.24, 2.45) is 0 Å². The number of ether oxygens (including phenoxy) is 2. The van der Waals surface area contributed by atoms with E-state index < -0.39 is 11.9 Å². The lowest BCUT2D eigenvalue weighted by Gasteiger charge is -2.12. The normalized spacial score (nSPS) is 10.2. The van der Waals surface area contributed by atoms with Crippen molar-refractivity contribution < 1.29 is 19.1 Å². The number of carbonyl (C=O) groups is 2. The van der Waals surface area contributed by atoms with Crippen LogP contribution in [0.15, 0.2) is 42.5 Å². The van der Waals surface area contributed by atoms with Crippen LogP contribution in [0, 0.1) is 13.8 Å². The molecule has 2 rings (SSSR count). The molecular formula is C19H20ClNO4. The number of hydrogen-bond acceptors (Lipinski definition) is 4. The van der Waals surface area contributed by atoms with Gasteiger partial charge in [-0.3, -0.25) is 9.59 Å². The molecule has 0 aliphatic heterocycles. The molecule has 0 radical (unpaired) electrons. The minimum absolute atomic E-state index is 0.0620. The molecule has 25 heavy (non-hydrogen) atoms. The van der Waals surface area contributed by atoms with Gasteiger partial charge in [-0.2, -0.15) is 0 Å². The van der Waals surface area contributed by atoms with E-state index in [2.05, 4.69) is 5.32 Å². The van der Waals surface area contributed by atoms with Gasteiger partial charge in [0, 0.05) is 0 Å². The highest BCUT2D eigenvalue weighted by atomic mass is 35.5. The number of amides is 1. The molecule has 0 fully saturated rings. The Labute approximate surface area is 151 Å². The Morgan fingerprint density at radius 1 is 1.12 bits per heavy atom. The van der Waals surface area contributed by atoms with Crippen molar-refractivity contribution in [3.05, 3.63) is 58.6 Å². The maximum absolute atomic E-state index is 11.9. The van der Waals surface area contributed by atoms with E-state index >= 15 is 0 Å². The molecule has 0 aliphatic carbocycles. The fraction of sp³-hybridized carbons (Fsp3) is 0.263. The predicted octanol–water partition coefficient (Wildman–Crippen LogP) is 3.91. The molecule has 132 valence electrons. The highest BCUT2D eigenvalue weighted by Crippen LogP contribution is 2.27. The van der Waals surface area contributed by atoms with Gasteiger partial charge in [-0.15, -0.1) is 0 Å². The second-order valence-electron chi connectivity index (χ2n) is 5.56. The van der Waals surface area contributed by atoms with Gasteiger partial charge in [-0.05, 0) is 43.2 Å². The Morgan fingerprint density at radius 2 is 1.84 bits per heavy atom. The molecule has 0 spiro atoms. The van der Waals surface area contributed by atoms with Crippen molar-refractivity contribution in [2.45, 2.75) is 20.3 Å². The summed E-state index contributed by atoms with van der Waals surface area (Å²) in [6, 6.07) is 12.8. The fourth-order valence-corrected chi connectivity index (χ4v) is 2.61. The van der Waals surface area contributed by atoms with Gasteiger partial charge < -0.3 is 14.8 Å². The number of aryl methyl sites for hydroxylation is 2. The lowest BCUT2D eigenvalue weighted by molar-refractivity contribution is -0.147. The number of para-hydroxylation sites is 1. The number of rotatable bonds is 7. The number of esters is 1. The Bertz CT molecular complexity index is 723. The molecule has 0 saturated heterocycles. The van der Waals surface area contributed by atoms with Gasteiger partial charge in [0.25, 0.3) is 5.91 Å². The van der Waals surface area contributed by atoms with E-state index in [1.54, 1.807) is 18.2 Å². The lowest BCUT2D eigenvalue weighted by Crippen LogP contribution is -2.22. The number of benzene rings is 2. The maximum atomic E-state index is 11.9. The second kappa shape index (κ2) is 9.08. The van der Waals surface area contributed by atoms with Crippen LogP contribution in [0.4, 0.5) is 5.69 Å². The predicted molar refractivity (Wildman–Crippen MR) is 97.1 cm³/mol. The summed E-state index contributed by atoms with van der Waals surface area (Å²) >= 11 is 6.13. The van der Waals surface area contributed by atoms with E-state index in [1.807, 2.05) is 38.1 Å². The van der Waals surface area contributed by atoms with Gasteiger partial charge in [0.1, 0.15) is 5.75 Å². The summed E-state index contributed by atoms with van der Waals surface area (Å²) in [5.74, 6) is -0.262. The summed E-state index contributed by atoms with van der Waals surface area (Å²) in [6.45, 7) is 3.59.